The summed E-state index contributed by atoms with van der Waals surface area (Å²) in [6.45, 7) is 0.194. The van der Waals surface area contributed by atoms with Crippen molar-refractivity contribution in [3.63, 3.8) is 0 Å². The first-order chi connectivity index (χ1) is 14.0. The van der Waals surface area contributed by atoms with Crippen LogP contribution in [0.1, 0.15) is 15.4 Å². The van der Waals surface area contributed by atoms with E-state index in [0.29, 0.717) is 33.5 Å². The Hall–Kier alpha value is -3.94. The molecule has 3 aromatic rings. The van der Waals surface area contributed by atoms with Crippen molar-refractivity contribution in [2.75, 3.05) is 6.79 Å². The SMILES string of the molecule is N=C=C(C=Nc1ccc(O)c(C(=O)O)c1)c1nc(-c2ccc3c(c2)OCO3)cs1. The minimum absolute atomic E-state index is 0.194. The number of carboxylic acids is 1. The molecule has 0 saturated heterocycles. The number of nitrogens with one attached hydrogen (secondary N) is 1. The number of allylic oxidation sites excluding steroid dienone is 1. The summed E-state index contributed by atoms with van der Waals surface area (Å²) in [6, 6.07) is 9.50. The Morgan fingerprint density at radius 1 is 1.24 bits per heavy atom. The molecule has 3 N–H and O–H groups in total. The number of nitrogens with zero attached hydrogens (tertiary/aromatic N) is 2. The minimum Gasteiger partial charge on any atom is -0.507 e. The van der Waals surface area contributed by atoms with Crippen LogP contribution in [-0.2, 0) is 0 Å². The molecule has 2 aromatic carbocycles. The minimum atomic E-state index is -1.25. The summed E-state index contributed by atoms with van der Waals surface area (Å²) >= 11 is 1.33. The lowest BCUT2D eigenvalue weighted by atomic mass is 10.1. The van der Waals surface area contributed by atoms with E-state index in [0.717, 1.165) is 5.56 Å². The van der Waals surface area contributed by atoms with Crippen molar-refractivity contribution in [1.29, 1.82) is 5.41 Å². The number of aromatic carboxylic acids is 1. The highest BCUT2D eigenvalue weighted by Gasteiger charge is 2.16. The summed E-state index contributed by atoms with van der Waals surface area (Å²) in [5, 5.41) is 28.6. The molecular weight excluding hydrogens is 394 g/mol. The molecule has 0 radical (unpaired) electrons. The smallest absolute Gasteiger partial charge is 0.339 e. The molecule has 0 unspecified atom stereocenters. The number of carbonyl (C=O) groups is 1. The van der Waals surface area contributed by atoms with Gasteiger partial charge in [0.15, 0.2) is 11.5 Å². The van der Waals surface area contributed by atoms with Gasteiger partial charge < -0.3 is 19.7 Å². The molecule has 0 amide bonds. The summed E-state index contributed by atoms with van der Waals surface area (Å²) in [5.41, 5.74) is 1.97. The van der Waals surface area contributed by atoms with Crippen molar-refractivity contribution in [3.8, 4) is 28.5 Å². The summed E-state index contributed by atoms with van der Waals surface area (Å²) in [5.74, 6) is 2.05. The van der Waals surface area contributed by atoms with Crippen LogP contribution in [0.25, 0.3) is 16.8 Å². The molecule has 0 aliphatic carbocycles. The fourth-order valence-corrected chi connectivity index (χ4v) is 3.44. The van der Waals surface area contributed by atoms with E-state index in [1.807, 2.05) is 23.6 Å². The third-order valence-corrected chi connectivity index (χ3v) is 4.97. The summed E-state index contributed by atoms with van der Waals surface area (Å²) in [6.07, 6.45) is 1.38. The molecule has 0 spiro atoms. The largest absolute Gasteiger partial charge is 0.507 e. The molecule has 0 fully saturated rings. The fraction of sp³-hybridized carbons (Fsp3) is 0.0500. The number of ether oxygens (including phenoxy) is 2. The quantitative estimate of drug-likeness (QED) is 0.550. The zero-order chi connectivity index (χ0) is 20.4. The lowest BCUT2D eigenvalue weighted by Gasteiger charge is -2.01. The molecule has 144 valence electrons. The van der Waals surface area contributed by atoms with Crippen molar-refractivity contribution in [3.05, 3.63) is 52.3 Å². The number of rotatable bonds is 5. The van der Waals surface area contributed by atoms with Gasteiger partial charge in [-0.25, -0.2) is 9.78 Å². The molecule has 2 heterocycles. The van der Waals surface area contributed by atoms with E-state index >= 15 is 0 Å². The van der Waals surface area contributed by atoms with E-state index in [-0.39, 0.29) is 18.1 Å². The Balaban J connectivity index is 1.58. The van der Waals surface area contributed by atoms with Crippen molar-refractivity contribution < 1.29 is 24.5 Å². The average molecular weight is 407 g/mol. The Bertz CT molecular complexity index is 1190. The van der Waals surface area contributed by atoms with Crippen LogP contribution in [0.4, 0.5) is 5.69 Å². The van der Waals surface area contributed by atoms with Crippen LogP contribution in [0.2, 0.25) is 0 Å². The van der Waals surface area contributed by atoms with Crippen LogP contribution in [0.5, 0.6) is 17.2 Å². The van der Waals surface area contributed by atoms with E-state index in [1.165, 1.54) is 35.8 Å². The summed E-state index contributed by atoms with van der Waals surface area (Å²) in [7, 11) is 0. The third-order valence-electron chi connectivity index (χ3n) is 4.09. The zero-order valence-corrected chi connectivity index (χ0v) is 15.6. The maximum atomic E-state index is 11.1. The van der Waals surface area contributed by atoms with E-state index in [2.05, 4.69) is 15.8 Å². The Kier molecular flexibility index (Phi) is 4.82. The van der Waals surface area contributed by atoms with Crippen LogP contribution in [0.3, 0.4) is 0 Å². The summed E-state index contributed by atoms with van der Waals surface area (Å²) in [4.78, 5) is 19.8. The van der Waals surface area contributed by atoms with Gasteiger partial charge in [0.25, 0.3) is 0 Å². The molecule has 4 rings (SSSR count). The van der Waals surface area contributed by atoms with Crippen molar-refractivity contribution >= 4 is 40.7 Å². The van der Waals surface area contributed by atoms with Crippen molar-refractivity contribution in [2.24, 2.45) is 4.99 Å². The van der Waals surface area contributed by atoms with Gasteiger partial charge in [0, 0.05) is 17.2 Å². The normalized spacial score (nSPS) is 12.1. The number of fused-ring (bicyclic) bond motifs is 1. The Morgan fingerprint density at radius 2 is 2.07 bits per heavy atom. The molecule has 8 nitrogen and oxygen atoms in total. The maximum absolute atomic E-state index is 11.1. The van der Waals surface area contributed by atoms with Gasteiger partial charge in [-0.05, 0) is 42.3 Å². The molecular formula is C20H13N3O5S. The number of phenols is 1. The molecule has 1 aliphatic heterocycles. The lowest BCUT2D eigenvalue weighted by molar-refractivity contribution is 0.0693. The third kappa shape index (κ3) is 3.73. The number of benzene rings is 2. The van der Waals surface area contributed by atoms with Crippen molar-refractivity contribution in [2.45, 2.75) is 0 Å². The molecule has 1 aromatic heterocycles. The highest BCUT2D eigenvalue weighted by Crippen LogP contribution is 2.36. The van der Waals surface area contributed by atoms with Crippen LogP contribution in [0, 0.1) is 5.41 Å². The zero-order valence-electron chi connectivity index (χ0n) is 14.7. The topological polar surface area (TPSA) is 125 Å². The second kappa shape index (κ2) is 7.59. The predicted octanol–water partition coefficient (Wildman–Crippen LogP) is 3.98. The van der Waals surface area contributed by atoms with Gasteiger partial charge in [-0.1, -0.05) is 0 Å². The van der Waals surface area contributed by atoms with Gasteiger partial charge in [-0.2, -0.15) is 0 Å². The van der Waals surface area contributed by atoms with Gasteiger partial charge in [-0.15, -0.1) is 11.3 Å². The molecule has 0 atom stereocenters. The summed E-state index contributed by atoms with van der Waals surface area (Å²) < 4.78 is 10.7. The van der Waals surface area contributed by atoms with E-state index < -0.39 is 5.97 Å². The number of aliphatic imine (C=N–C) groups is 1. The van der Waals surface area contributed by atoms with Crippen LogP contribution >= 0.6 is 11.3 Å². The van der Waals surface area contributed by atoms with Crippen LogP contribution in [-0.4, -0.2) is 40.0 Å². The fourth-order valence-electron chi connectivity index (χ4n) is 2.64. The lowest BCUT2D eigenvalue weighted by Crippen LogP contribution is -1.96. The van der Waals surface area contributed by atoms with Crippen LogP contribution in [0.15, 0.2) is 46.8 Å². The van der Waals surface area contributed by atoms with E-state index in [4.69, 9.17) is 20.0 Å². The first-order valence-electron chi connectivity index (χ1n) is 8.31. The number of thiazole rings is 1. The monoisotopic (exact) mass is 407 g/mol. The van der Waals surface area contributed by atoms with Gasteiger partial charge >= 0.3 is 5.97 Å². The predicted molar refractivity (Wildman–Crippen MR) is 108 cm³/mol. The van der Waals surface area contributed by atoms with Gasteiger partial charge in [0.1, 0.15) is 16.3 Å². The van der Waals surface area contributed by atoms with Crippen LogP contribution < -0.4 is 9.47 Å². The second-order valence-corrected chi connectivity index (χ2v) is 6.77. The molecule has 0 saturated carbocycles. The second-order valence-electron chi connectivity index (χ2n) is 5.91. The standard InChI is InChI=1S/C20H13N3O5S/c21-7-12(8-22-13-2-3-16(24)14(6-13)20(25)26)19-23-15(9-29-19)11-1-4-17-18(5-11)28-10-27-17/h1-6,8-9,21,24H,10H2,(H,25,26). The first-order valence-corrected chi connectivity index (χ1v) is 9.19. The first kappa shape index (κ1) is 18.4. The van der Waals surface area contributed by atoms with Gasteiger partial charge in [-0.3, -0.25) is 10.4 Å². The highest BCUT2D eigenvalue weighted by molar-refractivity contribution is 7.11. The Labute approximate surface area is 168 Å². The number of aromatic hydroxyl groups is 1. The molecule has 1 aliphatic rings. The Morgan fingerprint density at radius 3 is 2.86 bits per heavy atom. The van der Waals surface area contributed by atoms with Gasteiger partial charge in [0.2, 0.25) is 6.79 Å². The number of hydrogen-bond acceptors (Lipinski definition) is 8. The number of carboxylic acid groups (broad SMARTS) is 1. The van der Waals surface area contributed by atoms with Gasteiger partial charge in [0.05, 0.1) is 17.0 Å². The maximum Gasteiger partial charge on any atom is 0.339 e. The van der Waals surface area contributed by atoms with Crippen molar-refractivity contribution in [1.82, 2.24) is 4.98 Å². The van der Waals surface area contributed by atoms with E-state index in [9.17, 15) is 9.90 Å². The molecule has 9 heteroatoms. The molecule has 0 bridgehead atoms. The van der Waals surface area contributed by atoms with E-state index in [1.54, 1.807) is 0 Å². The average Bonchev–Trinajstić information content (AvgIpc) is 3.38. The molecule has 29 heavy (non-hydrogen) atoms. The number of aromatic nitrogens is 1. The highest BCUT2D eigenvalue weighted by atomic mass is 32.1. The number of hydrogen-bond donors (Lipinski definition) is 3.